The van der Waals surface area contributed by atoms with Gasteiger partial charge in [0.1, 0.15) is 18.0 Å². The van der Waals surface area contributed by atoms with E-state index < -0.39 is 29.8 Å². The molecule has 0 bridgehead atoms. The van der Waals surface area contributed by atoms with Gasteiger partial charge in [-0.1, -0.05) is 0 Å². The highest BCUT2D eigenvalue weighted by Gasteiger charge is 2.44. The van der Waals surface area contributed by atoms with Crippen molar-refractivity contribution in [1.29, 1.82) is 0 Å². The summed E-state index contributed by atoms with van der Waals surface area (Å²) >= 11 is 0. The molecule has 32 heavy (non-hydrogen) atoms. The Morgan fingerprint density at radius 2 is 1.81 bits per heavy atom. The molecule has 1 fully saturated rings. The van der Waals surface area contributed by atoms with Crippen LogP contribution in [0.3, 0.4) is 0 Å². The molecule has 1 saturated carbocycles. The van der Waals surface area contributed by atoms with E-state index in [1.807, 2.05) is 0 Å². The third-order valence-electron chi connectivity index (χ3n) is 6.19. The molecule has 11 heteroatoms. The van der Waals surface area contributed by atoms with E-state index in [2.05, 4.69) is 10.2 Å². The summed E-state index contributed by atoms with van der Waals surface area (Å²) in [7, 11) is 3.25. The summed E-state index contributed by atoms with van der Waals surface area (Å²) < 4.78 is 57.6. The van der Waals surface area contributed by atoms with Crippen molar-refractivity contribution in [1.82, 2.24) is 24.5 Å². The van der Waals surface area contributed by atoms with Crippen LogP contribution in [0.15, 0.2) is 18.3 Å². The van der Waals surface area contributed by atoms with Crippen molar-refractivity contribution in [3.8, 4) is 11.3 Å². The largest absolute Gasteiger partial charge is 0.317 e. The van der Waals surface area contributed by atoms with Gasteiger partial charge in [-0.15, -0.1) is 0 Å². The average Bonchev–Trinajstić information content (AvgIpc) is 3.16. The van der Waals surface area contributed by atoms with Crippen LogP contribution in [0.25, 0.3) is 11.3 Å². The first-order valence-corrected chi connectivity index (χ1v) is 10.1. The van der Waals surface area contributed by atoms with Gasteiger partial charge in [0.15, 0.2) is 17.5 Å². The van der Waals surface area contributed by atoms with Crippen molar-refractivity contribution in [3.63, 3.8) is 0 Å². The van der Waals surface area contributed by atoms with Gasteiger partial charge in [0.2, 0.25) is 0 Å². The minimum atomic E-state index is -1.54. The van der Waals surface area contributed by atoms with E-state index in [0.29, 0.717) is 41.1 Å². The van der Waals surface area contributed by atoms with E-state index in [4.69, 9.17) is 5.73 Å². The molecule has 3 aromatic rings. The highest BCUT2D eigenvalue weighted by atomic mass is 19.2. The number of hydrogen-bond donors (Lipinski definition) is 1. The van der Waals surface area contributed by atoms with Crippen LogP contribution in [0.5, 0.6) is 0 Å². The fraction of sp³-hybridized carbons (Fsp3) is 0.381. The summed E-state index contributed by atoms with van der Waals surface area (Å²) in [5.74, 6) is -4.89. The van der Waals surface area contributed by atoms with E-state index in [1.54, 1.807) is 14.1 Å². The fourth-order valence-corrected chi connectivity index (χ4v) is 4.53. The van der Waals surface area contributed by atoms with Crippen LogP contribution < -0.4 is 5.73 Å². The smallest absolute Gasteiger partial charge is 0.258 e. The van der Waals surface area contributed by atoms with Gasteiger partial charge >= 0.3 is 0 Å². The molecule has 168 valence electrons. The number of aryl methyl sites for hydroxylation is 2. The number of benzene rings is 1. The first-order chi connectivity index (χ1) is 15.2. The zero-order chi connectivity index (χ0) is 22.9. The number of rotatable bonds is 3. The predicted molar refractivity (Wildman–Crippen MR) is 106 cm³/mol. The summed E-state index contributed by atoms with van der Waals surface area (Å²) in [5, 5.41) is 8.50. The SMILES string of the molecule is Cn1nc2c(c1-c1cc(F)c(F)c(F)c1)CCN(C(=O)c1cnn(C)c1C1CC1F)[C@H]2N. The Hall–Kier alpha value is -3.21. The number of halogens is 4. The van der Waals surface area contributed by atoms with Crippen molar-refractivity contribution in [2.45, 2.75) is 31.1 Å². The van der Waals surface area contributed by atoms with Crippen LogP contribution in [0.4, 0.5) is 17.6 Å². The molecule has 2 N–H and O–H groups in total. The Kier molecular flexibility index (Phi) is 4.63. The summed E-state index contributed by atoms with van der Waals surface area (Å²) in [6.07, 6.45) is 0.176. The van der Waals surface area contributed by atoms with Crippen molar-refractivity contribution in [3.05, 3.63) is 58.3 Å². The molecule has 0 spiro atoms. The van der Waals surface area contributed by atoms with Crippen molar-refractivity contribution in [2.24, 2.45) is 19.8 Å². The van der Waals surface area contributed by atoms with Crippen LogP contribution in [0.1, 0.15) is 45.8 Å². The Bertz CT molecular complexity index is 1230. The zero-order valence-electron chi connectivity index (χ0n) is 17.3. The minimum absolute atomic E-state index is 0.127. The molecule has 2 aliphatic rings. The molecule has 1 amide bonds. The van der Waals surface area contributed by atoms with Gasteiger partial charge in [-0.3, -0.25) is 14.2 Å². The second-order valence-electron chi connectivity index (χ2n) is 8.21. The maximum absolute atomic E-state index is 13.8. The number of alkyl halides is 1. The number of carbonyl (C=O) groups is 1. The third kappa shape index (κ3) is 3.02. The van der Waals surface area contributed by atoms with Crippen LogP contribution in [0.2, 0.25) is 0 Å². The molecule has 5 rings (SSSR count). The number of amides is 1. The van der Waals surface area contributed by atoms with Gasteiger partial charge in [0.05, 0.1) is 23.1 Å². The molecular weight excluding hydrogens is 428 g/mol. The second-order valence-corrected chi connectivity index (χ2v) is 8.21. The van der Waals surface area contributed by atoms with Crippen molar-refractivity contribution >= 4 is 5.91 Å². The average molecular weight is 448 g/mol. The molecule has 1 aliphatic carbocycles. The van der Waals surface area contributed by atoms with Gasteiger partial charge in [0, 0.05) is 37.7 Å². The van der Waals surface area contributed by atoms with E-state index in [0.717, 1.165) is 12.1 Å². The van der Waals surface area contributed by atoms with Gasteiger partial charge in [-0.05, 0) is 25.0 Å². The summed E-state index contributed by atoms with van der Waals surface area (Å²) in [5.41, 5.74) is 8.75. The summed E-state index contributed by atoms with van der Waals surface area (Å²) in [6.45, 7) is 0.218. The topological polar surface area (TPSA) is 82.0 Å². The van der Waals surface area contributed by atoms with Crippen LogP contribution in [-0.4, -0.2) is 43.1 Å². The van der Waals surface area contributed by atoms with Gasteiger partial charge in [-0.2, -0.15) is 10.2 Å². The Morgan fingerprint density at radius 3 is 2.44 bits per heavy atom. The Labute approximate surface area is 180 Å². The Morgan fingerprint density at radius 1 is 1.16 bits per heavy atom. The van der Waals surface area contributed by atoms with E-state index in [-0.39, 0.29) is 23.9 Å². The number of nitrogens with two attached hydrogens (primary N) is 1. The first kappa shape index (κ1) is 20.7. The highest BCUT2D eigenvalue weighted by Crippen LogP contribution is 2.45. The lowest BCUT2D eigenvalue weighted by molar-refractivity contribution is 0.0660. The van der Waals surface area contributed by atoms with Gasteiger partial charge < -0.3 is 10.6 Å². The molecule has 2 aromatic heterocycles. The molecule has 1 aromatic carbocycles. The maximum Gasteiger partial charge on any atom is 0.258 e. The van der Waals surface area contributed by atoms with Crippen molar-refractivity contribution in [2.75, 3.05) is 6.54 Å². The van der Waals surface area contributed by atoms with E-state index in [1.165, 1.54) is 20.5 Å². The number of carbonyl (C=O) groups excluding carboxylic acids is 1. The van der Waals surface area contributed by atoms with Crippen LogP contribution >= 0.6 is 0 Å². The van der Waals surface area contributed by atoms with Crippen molar-refractivity contribution < 1.29 is 22.4 Å². The molecular formula is C21H20F4N6O. The number of aromatic nitrogens is 4. The molecule has 0 radical (unpaired) electrons. The summed E-state index contributed by atoms with van der Waals surface area (Å²) in [6, 6.07) is 1.81. The normalized spacial score (nSPS) is 22.2. The van der Waals surface area contributed by atoms with Crippen LogP contribution in [0, 0.1) is 17.5 Å². The fourth-order valence-electron chi connectivity index (χ4n) is 4.53. The van der Waals surface area contributed by atoms with E-state index >= 15 is 0 Å². The number of hydrogen-bond acceptors (Lipinski definition) is 4. The predicted octanol–water partition coefficient (Wildman–Crippen LogP) is 2.72. The van der Waals surface area contributed by atoms with Gasteiger partial charge in [-0.25, -0.2) is 17.6 Å². The first-order valence-electron chi connectivity index (χ1n) is 10.1. The second kappa shape index (κ2) is 7.16. The Balaban J connectivity index is 1.50. The van der Waals surface area contributed by atoms with Gasteiger partial charge in [0.25, 0.3) is 5.91 Å². The molecule has 1 aliphatic heterocycles. The lowest BCUT2D eigenvalue weighted by atomic mass is 9.97. The molecule has 3 atom stereocenters. The maximum atomic E-state index is 13.8. The number of fused-ring (bicyclic) bond motifs is 1. The monoisotopic (exact) mass is 448 g/mol. The number of nitrogens with zero attached hydrogens (tertiary/aromatic N) is 5. The standard InChI is InChI=1S/C21H20F4N6O/c1-29-19(11-7-13(11)22)12(8-27-29)21(32)31-4-3-10-17(20(31)26)28-30(2)18(10)9-5-14(23)16(25)15(24)6-9/h5-6,8,11,13,20H,3-4,7,26H2,1-2H3/t11?,13?,20-/m1/s1. The third-order valence-corrected chi connectivity index (χ3v) is 6.19. The highest BCUT2D eigenvalue weighted by molar-refractivity contribution is 5.96. The lowest BCUT2D eigenvalue weighted by Gasteiger charge is -2.32. The minimum Gasteiger partial charge on any atom is -0.317 e. The molecule has 0 saturated heterocycles. The quantitative estimate of drug-likeness (QED) is 0.494. The molecule has 7 nitrogen and oxygen atoms in total. The summed E-state index contributed by atoms with van der Waals surface area (Å²) in [4.78, 5) is 14.7. The van der Waals surface area contributed by atoms with E-state index in [9.17, 15) is 22.4 Å². The lowest BCUT2D eigenvalue weighted by Crippen LogP contribution is -2.44. The van der Waals surface area contributed by atoms with Crippen LogP contribution in [-0.2, 0) is 20.5 Å². The molecule has 3 heterocycles. The molecule has 2 unspecified atom stereocenters. The zero-order valence-corrected chi connectivity index (χ0v) is 17.3.